The summed E-state index contributed by atoms with van der Waals surface area (Å²) < 4.78 is 34.2. The highest BCUT2D eigenvalue weighted by atomic mass is 32.2. The molecule has 0 spiro atoms. The number of benzene rings is 1. The molecule has 0 bridgehead atoms. The first-order chi connectivity index (χ1) is 10.5. The average Bonchev–Trinajstić information content (AvgIpc) is 2.90. The van der Waals surface area contributed by atoms with Gasteiger partial charge in [0.2, 0.25) is 5.91 Å². The van der Waals surface area contributed by atoms with Crippen LogP contribution in [0.15, 0.2) is 18.2 Å². The molecule has 2 aliphatic rings. The van der Waals surface area contributed by atoms with Crippen LogP contribution in [0, 0.1) is 0 Å². The predicted molar refractivity (Wildman–Crippen MR) is 80.5 cm³/mol. The van der Waals surface area contributed by atoms with Crippen molar-refractivity contribution in [2.75, 3.05) is 26.3 Å². The molecule has 1 aromatic carbocycles. The molecule has 1 atom stereocenters. The maximum absolute atomic E-state index is 12.4. The van der Waals surface area contributed by atoms with Gasteiger partial charge in [0.1, 0.15) is 0 Å². The molecule has 0 saturated carbocycles. The molecule has 1 heterocycles. The van der Waals surface area contributed by atoms with Gasteiger partial charge in [0.05, 0.1) is 13.2 Å². The zero-order chi connectivity index (χ0) is 15.7. The van der Waals surface area contributed by atoms with Crippen molar-refractivity contribution in [1.29, 1.82) is 0 Å². The van der Waals surface area contributed by atoms with Crippen LogP contribution in [0.2, 0.25) is 0 Å². The summed E-state index contributed by atoms with van der Waals surface area (Å²) in [6.45, 7) is 1.54. The summed E-state index contributed by atoms with van der Waals surface area (Å²) in [7, 11) is -3.56. The second-order valence-electron chi connectivity index (χ2n) is 5.46. The number of hydrogen-bond acceptors (Lipinski definition) is 4. The van der Waals surface area contributed by atoms with Gasteiger partial charge in [-0.1, -0.05) is 12.1 Å². The van der Waals surface area contributed by atoms with Crippen molar-refractivity contribution in [3.63, 3.8) is 0 Å². The van der Waals surface area contributed by atoms with Crippen molar-refractivity contribution in [2.45, 2.75) is 18.9 Å². The number of carbonyl (C=O) groups excluding carboxylic acids is 1. The van der Waals surface area contributed by atoms with Gasteiger partial charge in [-0.25, -0.2) is 0 Å². The largest absolute Gasteiger partial charge is 0.379 e. The Balaban J connectivity index is 1.82. The first-order valence-corrected chi connectivity index (χ1v) is 8.70. The Morgan fingerprint density at radius 2 is 2.05 bits per heavy atom. The molecule has 7 nitrogen and oxygen atoms in total. The molecule has 1 amide bonds. The normalized spacial score (nSPS) is 22.5. The van der Waals surface area contributed by atoms with Gasteiger partial charge in [0.25, 0.3) is 10.2 Å². The van der Waals surface area contributed by atoms with E-state index in [2.05, 4.69) is 4.72 Å². The highest BCUT2D eigenvalue weighted by molar-refractivity contribution is 7.87. The Kier molecular flexibility index (Phi) is 4.18. The van der Waals surface area contributed by atoms with Gasteiger partial charge in [-0.3, -0.25) is 4.79 Å². The maximum atomic E-state index is 12.4. The van der Waals surface area contributed by atoms with E-state index < -0.39 is 16.1 Å². The van der Waals surface area contributed by atoms with Crippen LogP contribution in [0.3, 0.4) is 0 Å². The number of amides is 1. The maximum Gasteiger partial charge on any atom is 0.280 e. The van der Waals surface area contributed by atoms with E-state index in [1.54, 1.807) is 12.1 Å². The smallest absolute Gasteiger partial charge is 0.280 e. The number of primary amides is 1. The van der Waals surface area contributed by atoms with Gasteiger partial charge in [-0.15, -0.1) is 0 Å². The van der Waals surface area contributed by atoms with Crippen LogP contribution in [0.1, 0.15) is 33.9 Å². The van der Waals surface area contributed by atoms with Gasteiger partial charge >= 0.3 is 0 Å². The number of carbonyl (C=O) groups is 1. The molecule has 0 radical (unpaired) electrons. The summed E-state index contributed by atoms with van der Waals surface area (Å²) in [5, 5.41) is 0. The summed E-state index contributed by atoms with van der Waals surface area (Å²) in [5.74, 6) is -0.478. The third kappa shape index (κ3) is 2.87. The molecule has 1 aliphatic heterocycles. The van der Waals surface area contributed by atoms with Crippen LogP contribution in [-0.2, 0) is 21.4 Å². The van der Waals surface area contributed by atoms with E-state index in [1.165, 1.54) is 4.31 Å². The lowest BCUT2D eigenvalue weighted by Crippen LogP contribution is -2.47. The van der Waals surface area contributed by atoms with Crippen molar-refractivity contribution < 1.29 is 17.9 Å². The Morgan fingerprint density at radius 1 is 1.32 bits per heavy atom. The van der Waals surface area contributed by atoms with Crippen LogP contribution in [0.4, 0.5) is 0 Å². The van der Waals surface area contributed by atoms with Gasteiger partial charge in [-0.2, -0.15) is 17.4 Å². The number of fused-ring (bicyclic) bond motifs is 1. The monoisotopic (exact) mass is 325 g/mol. The number of hydrogen-bond donors (Lipinski definition) is 2. The predicted octanol–water partition coefficient (Wildman–Crippen LogP) is -0.0606. The zero-order valence-corrected chi connectivity index (χ0v) is 12.9. The second kappa shape index (κ2) is 5.96. The van der Waals surface area contributed by atoms with Crippen molar-refractivity contribution in [1.82, 2.24) is 9.03 Å². The van der Waals surface area contributed by atoms with E-state index in [1.807, 2.05) is 6.07 Å². The second-order valence-corrected chi connectivity index (χ2v) is 7.17. The molecule has 0 aromatic heterocycles. The van der Waals surface area contributed by atoms with E-state index in [0.717, 1.165) is 11.1 Å². The lowest BCUT2D eigenvalue weighted by atomic mass is 10.0. The number of rotatable bonds is 4. The minimum atomic E-state index is -3.56. The molecule has 3 N–H and O–H groups in total. The Bertz CT molecular complexity index is 683. The molecular formula is C14H19N3O4S. The summed E-state index contributed by atoms with van der Waals surface area (Å²) in [4.78, 5) is 11.5. The van der Waals surface area contributed by atoms with E-state index in [0.29, 0.717) is 44.7 Å². The Labute approximate surface area is 129 Å². The SMILES string of the molecule is NC(=O)c1cccc2c1CCC2NS(=O)(=O)N1CCOCC1. The number of nitrogens with one attached hydrogen (secondary N) is 1. The minimum absolute atomic E-state index is 0.317. The fourth-order valence-corrected chi connectivity index (χ4v) is 4.43. The molecule has 3 rings (SSSR count). The lowest BCUT2D eigenvalue weighted by molar-refractivity contribution is 0.0723. The summed E-state index contributed by atoms with van der Waals surface area (Å²) in [5.41, 5.74) is 7.55. The number of morpholine rings is 1. The van der Waals surface area contributed by atoms with E-state index >= 15 is 0 Å². The first kappa shape index (κ1) is 15.4. The van der Waals surface area contributed by atoms with Crippen molar-refractivity contribution in [3.8, 4) is 0 Å². The summed E-state index contributed by atoms with van der Waals surface area (Å²) in [6, 6.07) is 4.95. The molecule has 1 aliphatic carbocycles. The molecule has 1 aromatic rings. The summed E-state index contributed by atoms with van der Waals surface area (Å²) >= 11 is 0. The van der Waals surface area contributed by atoms with Crippen LogP contribution >= 0.6 is 0 Å². The highest BCUT2D eigenvalue weighted by Crippen LogP contribution is 2.34. The molecule has 8 heteroatoms. The van der Waals surface area contributed by atoms with E-state index in [-0.39, 0.29) is 6.04 Å². The third-order valence-electron chi connectivity index (χ3n) is 4.14. The minimum Gasteiger partial charge on any atom is -0.379 e. The first-order valence-electron chi connectivity index (χ1n) is 7.26. The number of ether oxygens (including phenoxy) is 1. The zero-order valence-electron chi connectivity index (χ0n) is 12.1. The van der Waals surface area contributed by atoms with Crippen LogP contribution in [0.5, 0.6) is 0 Å². The quantitative estimate of drug-likeness (QED) is 0.809. The average molecular weight is 325 g/mol. The molecule has 1 saturated heterocycles. The third-order valence-corrected chi connectivity index (χ3v) is 5.76. The van der Waals surface area contributed by atoms with Gasteiger partial charge in [0.15, 0.2) is 0 Å². The molecule has 22 heavy (non-hydrogen) atoms. The van der Waals surface area contributed by atoms with Crippen molar-refractivity contribution >= 4 is 16.1 Å². The lowest BCUT2D eigenvalue weighted by Gasteiger charge is -2.27. The molecule has 120 valence electrons. The molecular weight excluding hydrogens is 306 g/mol. The fourth-order valence-electron chi connectivity index (χ4n) is 3.05. The Hall–Kier alpha value is -1.48. The Morgan fingerprint density at radius 3 is 2.73 bits per heavy atom. The molecule has 1 unspecified atom stereocenters. The van der Waals surface area contributed by atoms with Crippen LogP contribution in [-0.4, -0.2) is 44.9 Å². The number of nitrogens with zero attached hydrogens (tertiary/aromatic N) is 1. The van der Waals surface area contributed by atoms with Crippen LogP contribution in [0.25, 0.3) is 0 Å². The molecule has 1 fully saturated rings. The standard InChI is InChI=1S/C14H19N3O4S/c15-14(18)12-3-1-2-11-10(12)4-5-13(11)16-22(19,20)17-6-8-21-9-7-17/h1-3,13,16H,4-9H2,(H2,15,18). The van der Waals surface area contributed by atoms with Gasteiger partial charge in [0, 0.05) is 24.7 Å². The van der Waals surface area contributed by atoms with Crippen molar-refractivity contribution in [2.24, 2.45) is 5.73 Å². The van der Waals surface area contributed by atoms with Crippen molar-refractivity contribution in [3.05, 3.63) is 34.9 Å². The summed E-state index contributed by atoms with van der Waals surface area (Å²) in [6.07, 6.45) is 1.27. The number of nitrogens with two attached hydrogens (primary N) is 1. The van der Waals surface area contributed by atoms with Gasteiger partial charge in [-0.05, 0) is 30.0 Å². The van der Waals surface area contributed by atoms with Gasteiger partial charge < -0.3 is 10.5 Å². The fraction of sp³-hybridized carbons (Fsp3) is 0.500. The van der Waals surface area contributed by atoms with E-state index in [9.17, 15) is 13.2 Å². The van der Waals surface area contributed by atoms with Crippen LogP contribution < -0.4 is 10.5 Å². The van der Waals surface area contributed by atoms with E-state index in [4.69, 9.17) is 10.5 Å². The highest BCUT2D eigenvalue weighted by Gasteiger charge is 2.32. The topological polar surface area (TPSA) is 102 Å².